The fourth-order valence-corrected chi connectivity index (χ4v) is 0.582. The fourth-order valence-electron chi connectivity index (χ4n) is 0.582. The average Bonchev–Trinajstić information content (AvgIpc) is 2.18. The van der Waals surface area contributed by atoms with Crippen LogP contribution >= 0.6 is 0 Å². The highest BCUT2D eigenvalue weighted by molar-refractivity contribution is 5.87. The Labute approximate surface area is 93.7 Å². The summed E-state index contributed by atoms with van der Waals surface area (Å²) in [5.74, 6) is -0.411. The second-order valence-electron chi connectivity index (χ2n) is 3.51. The highest BCUT2D eigenvalue weighted by atomic mass is 16.6. The number of esters is 1. The van der Waals surface area contributed by atoms with Crippen LogP contribution in [0.2, 0.25) is 0 Å². The number of nitrogens with two attached hydrogens (primary N) is 1. The summed E-state index contributed by atoms with van der Waals surface area (Å²) in [7, 11) is 0. The van der Waals surface area contributed by atoms with Crippen molar-refractivity contribution >= 4 is 5.97 Å². The molecule has 0 fully saturated rings. The van der Waals surface area contributed by atoms with E-state index in [0.29, 0.717) is 12.0 Å². The monoisotopic (exact) mass is 215 g/mol. The van der Waals surface area contributed by atoms with Gasteiger partial charge in [0.1, 0.15) is 0 Å². The molecule has 0 saturated carbocycles. The molecule has 0 spiro atoms. The Morgan fingerprint density at radius 3 is 2.00 bits per heavy atom. The molecule has 0 aromatic carbocycles. The number of hydrogen-bond donors (Lipinski definition) is 1. The standard InChI is InChI=1S/C8H15NO2.C4H10/c1-4-5-7(9)11-8(10)6(2)3;1-3-4-2/h7H,2,4-5,9H2,1,3H3;3-4H2,1-2H3. The molecule has 0 amide bonds. The summed E-state index contributed by atoms with van der Waals surface area (Å²) in [6.45, 7) is 11.4. The van der Waals surface area contributed by atoms with Crippen LogP contribution in [0.25, 0.3) is 0 Å². The first-order valence-corrected chi connectivity index (χ1v) is 5.61. The van der Waals surface area contributed by atoms with Crippen LogP contribution < -0.4 is 5.73 Å². The molecule has 90 valence electrons. The number of hydrogen-bond acceptors (Lipinski definition) is 3. The maximum atomic E-state index is 10.8. The van der Waals surface area contributed by atoms with Gasteiger partial charge < -0.3 is 4.74 Å². The van der Waals surface area contributed by atoms with Crippen molar-refractivity contribution in [3.8, 4) is 0 Å². The lowest BCUT2D eigenvalue weighted by atomic mass is 10.3. The Morgan fingerprint density at radius 2 is 1.73 bits per heavy atom. The topological polar surface area (TPSA) is 52.3 Å². The molecule has 0 saturated heterocycles. The van der Waals surface area contributed by atoms with Crippen molar-refractivity contribution in [3.63, 3.8) is 0 Å². The SMILES string of the molecule is C=C(C)C(=O)OC(N)CCC.CCCC. The van der Waals surface area contributed by atoms with Crippen LogP contribution in [-0.2, 0) is 9.53 Å². The van der Waals surface area contributed by atoms with E-state index in [1.165, 1.54) is 12.8 Å². The van der Waals surface area contributed by atoms with Gasteiger partial charge in [-0.15, -0.1) is 0 Å². The molecule has 2 N–H and O–H groups in total. The highest BCUT2D eigenvalue weighted by Gasteiger charge is 2.08. The van der Waals surface area contributed by atoms with Crippen molar-refractivity contribution in [1.29, 1.82) is 0 Å². The first-order chi connectivity index (χ1) is 6.99. The average molecular weight is 215 g/mol. The molecular formula is C12H25NO2. The smallest absolute Gasteiger partial charge is 0.334 e. The Balaban J connectivity index is 0. The van der Waals surface area contributed by atoms with E-state index in [9.17, 15) is 4.79 Å². The molecule has 0 radical (unpaired) electrons. The third-order valence-electron chi connectivity index (χ3n) is 1.68. The van der Waals surface area contributed by atoms with Crippen LogP contribution in [0.1, 0.15) is 53.4 Å². The summed E-state index contributed by atoms with van der Waals surface area (Å²) in [6, 6.07) is 0. The third-order valence-corrected chi connectivity index (χ3v) is 1.68. The summed E-state index contributed by atoms with van der Waals surface area (Å²) in [6.07, 6.45) is 3.76. The van der Waals surface area contributed by atoms with Crippen molar-refractivity contribution in [2.75, 3.05) is 0 Å². The predicted octanol–water partition coefficient (Wildman–Crippen LogP) is 3.00. The van der Waals surface area contributed by atoms with Gasteiger partial charge in [0.05, 0.1) is 0 Å². The zero-order valence-corrected chi connectivity index (χ0v) is 10.5. The van der Waals surface area contributed by atoms with Crippen molar-refractivity contribution in [2.45, 2.75) is 59.6 Å². The summed E-state index contributed by atoms with van der Waals surface area (Å²) < 4.78 is 4.79. The van der Waals surface area contributed by atoms with Crippen molar-refractivity contribution in [1.82, 2.24) is 0 Å². The number of carbonyl (C=O) groups is 1. The van der Waals surface area contributed by atoms with E-state index >= 15 is 0 Å². The molecule has 3 heteroatoms. The van der Waals surface area contributed by atoms with Gasteiger partial charge in [0.25, 0.3) is 0 Å². The van der Waals surface area contributed by atoms with Crippen LogP contribution in [-0.4, -0.2) is 12.2 Å². The lowest BCUT2D eigenvalue weighted by Gasteiger charge is -2.11. The van der Waals surface area contributed by atoms with Crippen LogP contribution in [0.5, 0.6) is 0 Å². The predicted molar refractivity (Wildman–Crippen MR) is 64.4 cm³/mol. The van der Waals surface area contributed by atoms with Gasteiger partial charge in [-0.05, 0) is 13.3 Å². The maximum Gasteiger partial charge on any atom is 0.334 e. The normalized spacial score (nSPS) is 11.0. The van der Waals surface area contributed by atoms with E-state index in [0.717, 1.165) is 6.42 Å². The van der Waals surface area contributed by atoms with Gasteiger partial charge in [0.15, 0.2) is 6.23 Å². The number of rotatable bonds is 5. The fraction of sp³-hybridized carbons (Fsp3) is 0.750. The molecule has 0 aromatic rings. The quantitative estimate of drug-likeness (QED) is 0.436. The van der Waals surface area contributed by atoms with E-state index in [1.54, 1.807) is 6.92 Å². The van der Waals surface area contributed by atoms with Crippen molar-refractivity contribution in [2.24, 2.45) is 5.73 Å². The summed E-state index contributed by atoms with van der Waals surface area (Å²) >= 11 is 0. The largest absolute Gasteiger partial charge is 0.443 e. The molecule has 15 heavy (non-hydrogen) atoms. The van der Waals surface area contributed by atoms with Gasteiger partial charge >= 0.3 is 5.97 Å². The molecule has 0 aromatic heterocycles. The Bertz CT molecular complexity index is 176. The van der Waals surface area contributed by atoms with Crippen LogP contribution in [0.3, 0.4) is 0 Å². The minimum absolute atomic E-state index is 0.386. The lowest BCUT2D eigenvalue weighted by molar-refractivity contribution is -0.144. The number of unbranched alkanes of at least 4 members (excludes halogenated alkanes) is 1. The molecule has 0 aliphatic carbocycles. The first kappa shape index (κ1) is 16.6. The van der Waals surface area contributed by atoms with Crippen LogP contribution in [0.4, 0.5) is 0 Å². The summed E-state index contributed by atoms with van der Waals surface area (Å²) in [5, 5.41) is 0. The van der Waals surface area contributed by atoms with Gasteiger partial charge in [0, 0.05) is 5.57 Å². The van der Waals surface area contributed by atoms with E-state index in [4.69, 9.17) is 10.5 Å². The minimum Gasteiger partial charge on any atom is -0.443 e. The maximum absolute atomic E-state index is 10.8. The van der Waals surface area contributed by atoms with E-state index < -0.39 is 12.2 Å². The van der Waals surface area contributed by atoms with Crippen LogP contribution in [0, 0.1) is 0 Å². The Kier molecular flexibility index (Phi) is 12.4. The van der Waals surface area contributed by atoms with E-state index in [2.05, 4.69) is 20.4 Å². The molecule has 0 aliphatic heterocycles. The lowest BCUT2D eigenvalue weighted by Crippen LogP contribution is -2.26. The van der Waals surface area contributed by atoms with Gasteiger partial charge in [-0.1, -0.05) is 46.6 Å². The van der Waals surface area contributed by atoms with Gasteiger partial charge in [-0.25, -0.2) is 4.79 Å². The minimum atomic E-state index is -0.482. The van der Waals surface area contributed by atoms with E-state index in [1.807, 2.05) is 6.92 Å². The van der Waals surface area contributed by atoms with Gasteiger partial charge in [-0.3, -0.25) is 5.73 Å². The molecule has 0 bridgehead atoms. The van der Waals surface area contributed by atoms with Gasteiger partial charge in [-0.2, -0.15) is 0 Å². The van der Waals surface area contributed by atoms with Gasteiger partial charge in [0.2, 0.25) is 0 Å². The van der Waals surface area contributed by atoms with Crippen molar-refractivity contribution in [3.05, 3.63) is 12.2 Å². The molecule has 0 heterocycles. The first-order valence-electron chi connectivity index (χ1n) is 5.61. The Morgan fingerprint density at radius 1 is 1.27 bits per heavy atom. The molecule has 0 rings (SSSR count). The number of ether oxygens (including phenoxy) is 1. The van der Waals surface area contributed by atoms with E-state index in [-0.39, 0.29) is 0 Å². The zero-order valence-electron chi connectivity index (χ0n) is 10.5. The van der Waals surface area contributed by atoms with Crippen LogP contribution in [0.15, 0.2) is 12.2 Å². The molecule has 1 atom stereocenters. The zero-order chi connectivity index (χ0) is 12.3. The third kappa shape index (κ3) is 13.2. The summed E-state index contributed by atoms with van der Waals surface area (Å²) in [5.41, 5.74) is 5.82. The second kappa shape index (κ2) is 11.2. The molecule has 0 aliphatic rings. The highest BCUT2D eigenvalue weighted by Crippen LogP contribution is 1.99. The summed E-state index contributed by atoms with van der Waals surface area (Å²) in [4.78, 5) is 10.8. The molecule has 3 nitrogen and oxygen atoms in total. The molecule has 1 unspecified atom stereocenters. The molecular weight excluding hydrogens is 190 g/mol. The second-order valence-corrected chi connectivity index (χ2v) is 3.51. The number of carbonyl (C=O) groups excluding carboxylic acids is 1. The Hall–Kier alpha value is -0.830. The van der Waals surface area contributed by atoms with Crippen molar-refractivity contribution < 1.29 is 9.53 Å².